The maximum Gasteiger partial charge on any atom is 0.189 e. The molecule has 1 saturated carbocycles. The normalized spacial score (nSPS) is 16.3. The molecule has 1 fully saturated rings. The summed E-state index contributed by atoms with van der Waals surface area (Å²) >= 11 is 0. The third-order valence-electron chi connectivity index (χ3n) is 4.86. The lowest BCUT2D eigenvalue weighted by molar-refractivity contribution is 0.412. The predicted octanol–water partition coefficient (Wildman–Crippen LogP) is 3.84. The van der Waals surface area contributed by atoms with E-state index in [9.17, 15) is 0 Å². The van der Waals surface area contributed by atoms with E-state index in [1.807, 2.05) is 0 Å². The number of hydrogen-bond acceptors (Lipinski definition) is 1. The first-order valence-electron chi connectivity index (χ1n) is 8.26. The zero-order chi connectivity index (χ0) is 15.5. The summed E-state index contributed by atoms with van der Waals surface area (Å²) in [5.74, 6) is 0.580. The number of nitrogens with one attached hydrogen (secondary N) is 1. The molecule has 3 N–H and O–H groups in total. The fourth-order valence-corrected chi connectivity index (χ4v) is 3.52. The minimum atomic E-state index is 0. The van der Waals surface area contributed by atoms with Gasteiger partial charge in [-0.3, -0.25) is 0 Å². The molecule has 3 rings (SSSR count). The summed E-state index contributed by atoms with van der Waals surface area (Å²) in [5, 5.41) is 4.68. The van der Waals surface area contributed by atoms with Crippen LogP contribution in [0.2, 0.25) is 0 Å². The van der Waals surface area contributed by atoms with Gasteiger partial charge in [-0.25, -0.2) is 4.99 Å². The summed E-state index contributed by atoms with van der Waals surface area (Å²) in [6.45, 7) is 2.79. The van der Waals surface area contributed by atoms with Crippen molar-refractivity contribution in [3.8, 4) is 0 Å². The van der Waals surface area contributed by atoms with Crippen LogP contribution in [-0.2, 0) is 13.6 Å². The van der Waals surface area contributed by atoms with E-state index in [2.05, 4.69) is 53.1 Å². The van der Waals surface area contributed by atoms with Gasteiger partial charge in [0.2, 0.25) is 0 Å². The van der Waals surface area contributed by atoms with Crippen molar-refractivity contribution in [1.29, 1.82) is 0 Å². The highest BCUT2D eigenvalue weighted by Gasteiger charge is 2.14. The van der Waals surface area contributed by atoms with Gasteiger partial charge in [0.05, 0.1) is 6.54 Å². The second-order valence-corrected chi connectivity index (χ2v) is 6.33. The first-order chi connectivity index (χ1) is 10.7. The van der Waals surface area contributed by atoms with Crippen LogP contribution in [0.15, 0.2) is 29.3 Å². The van der Waals surface area contributed by atoms with E-state index in [-0.39, 0.29) is 24.0 Å². The van der Waals surface area contributed by atoms with Crippen molar-refractivity contribution < 1.29 is 0 Å². The second kappa shape index (κ2) is 8.04. The molecule has 0 aliphatic heterocycles. The quantitative estimate of drug-likeness (QED) is 0.445. The van der Waals surface area contributed by atoms with E-state index in [0.29, 0.717) is 18.5 Å². The molecular formula is C18H27IN4. The number of benzene rings is 1. The molecule has 1 aromatic heterocycles. The Hall–Kier alpha value is -1.24. The standard InChI is InChI=1S/C18H26N4.HI/c1-13-15-10-6-7-11-16(15)22(2)17(13)12-20-18(19)21-14-8-4-3-5-9-14;/h6-7,10-11,14H,3-5,8-9,12H2,1-2H3,(H3,19,20,21);1H. The first-order valence-corrected chi connectivity index (χ1v) is 8.26. The molecule has 1 heterocycles. The number of aryl methyl sites for hydroxylation is 2. The highest BCUT2D eigenvalue weighted by atomic mass is 127. The van der Waals surface area contributed by atoms with Gasteiger partial charge in [-0.2, -0.15) is 0 Å². The molecule has 0 spiro atoms. The maximum absolute atomic E-state index is 6.08. The van der Waals surface area contributed by atoms with Gasteiger partial charge in [0.1, 0.15) is 0 Å². The van der Waals surface area contributed by atoms with Crippen molar-refractivity contribution in [1.82, 2.24) is 9.88 Å². The third kappa shape index (κ3) is 4.00. The lowest BCUT2D eigenvalue weighted by atomic mass is 9.96. The average Bonchev–Trinajstić information content (AvgIpc) is 2.78. The number of rotatable bonds is 3. The van der Waals surface area contributed by atoms with E-state index < -0.39 is 0 Å². The van der Waals surface area contributed by atoms with Gasteiger partial charge in [-0.1, -0.05) is 37.5 Å². The van der Waals surface area contributed by atoms with Crippen LogP contribution < -0.4 is 11.1 Å². The van der Waals surface area contributed by atoms with E-state index >= 15 is 0 Å². The molecule has 23 heavy (non-hydrogen) atoms. The Morgan fingerprint density at radius 2 is 1.96 bits per heavy atom. The van der Waals surface area contributed by atoms with Crippen LogP contribution in [0.25, 0.3) is 10.9 Å². The largest absolute Gasteiger partial charge is 0.370 e. The molecule has 5 heteroatoms. The number of nitrogens with two attached hydrogens (primary N) is 1. The average molecular weight is 426 g/mol. The molecule has 1 aliphatic rings. The van der Waals surface area contributed by atoms with Gasteiger partial charge >= 0.3 is 0 Å². The summed E-state index contributed by atoms with van der Waals surface area (Å²) < 4.78 is 2.22. The van der Waals surface area contributed by atoms with Crippen LogP contribution in [0.3, 0.4) is 0 Å². The minimum Gasteiger partial charge on any atom is -0.370 e. The predicted molar refractivity (Wildman–Crippen MR) is 108 cm³/mol. The van der Waals surface area contributed by atoms with Crippen molar-refractivity contribution in [2.45, 2.75) is 51.6 Å². The Balaban J connectivity index is 0.00000192. The summed E-state index contributed by atoms with van der Waals surface area (Å²) in [6.07, 6.45) is 6.37. The van der Waals surface area contributed by atoms with E-state index in [4.69, 9.17) is 5.73 Å². The SMILES string of the molecule is Cc1c(CN=C(N)NC2CCCCC2)n(C)c2ccccc12.I. The first kappa shape index (κ1) is 18.1. The smallest absolute Gasteiger partial charge is 0.189 e. The van der Waals surface area contributed by atoms with Crippen LogP contribution in [0.4, 0.5) is 0 Å². The Kier molecular flexibility index (Phi) is 6.33. The third-order valence-corrected chi connectivity index (χ3v) is 4.86. The van der Waals surface area contributed by atoms with Gasteiger partial charge in [0.25, 0.3) is 0 Å². The highest BCUT2D eigenvalue weighted by molar-refractivity contribution is 14.0. The number of nitrogens with zero attached hydrogens (tertiary/aromatic N) is 2. The van der Waals surface area contributed by atoms with Crippen molar-refractivity contribution in [3.05, 3.63) is 35.5 Å². The number of aliphatic imine (C=N–C) groups is 1. The summed E-state index contributed by atoms with van der Waals surface area (Å²) in [5.41, 5.74) is 9.86. The van der Waals surface area contributed by atoms with Gasteiger partial charge in [0.15, 0.2) is 5.96 Å². The lowest BCUT2D eigenvalue weighted by Crippen LogP contribution is -2.41. The lowest BCUT2D eigenvalue weighted by Gasteiger charge is -2.23. The molecule has 0 bridgehead atoms. The van der Waals surface area contributed by atoms with Crippen LogP contribution in [-0.4, -0.2) is 16.6 Å². The Bertz CT molecular complexity index is 645. The van der Waals surface area contributed by atoms with Crippen LogP contribution in [0.1, 0.15) is 43.4 Å². The van der Waals surface area contributed by atoms with Crippen molar-refractivity contribution in [3.63, 3.8) is 0 Å². The van der Waals surface area contributed by atoms with E-state index in [1.165, 1.54) is 54.3 Å². The van der Waals surface area contributed by atoms with E-state index in [0.717, 1.165) is 0 Å². The second-order valence-electron chi connectivity index (χ2n) is 6.33. The van der Waals surface area contributed by atoms with Crippen molar-refractivity contribution in [2.24, 2.45) is 17.8 Å². The minimum absolute atomic E-state index is 0. The molecule has 0 amide bonds. The fourth-order valence-electron chi connectivity index (χ4n) is 3.52. The summed E-state index contributed by atoms with van der Waals surface area (Å²) in [6, 6.07) is 8.99. The zero-order valence-electron chi connectivity index (χ0n) is 14.0. The number of aromatic nitrogens is 1. The van der Waals surface area contributed by atoms with Crippen LogP contribution in [0.5, 0.6) is 0 Å². The van der Waals surface area contributed by atoms with Gasteiger partial charge in [-0.05, 0) is 31.4 Å². The van der Waals surface area contributed by atoms with Gasteiger partial charge in [0, 0.05) is 29.7 Å². The Labute approximate surface area is 155 Å². The topological polar surface area (TPSA) is 55.3 Å². The highest BCUT2D eigenvalue weighted by Crippen LogP contribution is 2.24. The molecule has 0 unspecified atom stereocenters. The van der Waals surface area contributed by atoms with E-state index in [1.54, 1.807) is 0 Å². The van der Waals surface area contributed by atoms with Crippen molar-refractivity contribution in [2.75, 3.05) is 0 Å². The molecule has 4 nitrogen and oxygen atoms in total. The Morgan fingerprint density at radius 1 is 1.26 bits per heavy atom. The molecule has 2 aromatic rings. The molecular weight excluding hydrogens is 399 g/mol. The number of halogens is 1. The molecule has 0 atom stereocenters. The van der Waals surface area contributed by atoms with Gasteiger partial charge < -0.3 is 15.6 Å². The molecule has 0 saturated heterocycles. The zero-order valence-corrected chi connectivity index (χ0v) is 16.3. The Morgan fingerprint density at radius 3 is 2.65 bits per heavy atom. The number of para-hydroxylation sites is 1. The fraction of sp³-hybridized carbons (Fsp3) is 0.500. The summed E-state index contributed by atoms with van der Waals surface area (Å²) in [7, 11) is 2.10. The number of guanidine groups is 1. The molecule has 126 valence electrons. The number of hydrogen-bond donors (Lipinski definition) is 2. The van der Waals surface area contributed by atoms with Crippen molar-refractivity contribution >= 4 is 40.8 Å². The summed E-state index contributed by atoms with van der Waals surface area (Å²) in [4.78, 5) is 4.57. The molecule has 1 aliphatic carbocycles. The maximum atomic E-state index is 6.08. The molecule has 1 aromatic carbocycles. The molecule has 0 radical (unpaired) electrons. The van der Waals surface area contributed by atoms with Gasteiger partial charge in [-0.15, -0.1) is 24.0 Å². The van der Waals surface area contributed by atoms with Crippen LogP contribution >= 0.6 is 24.0 Å². The monoisotopic (exact) mass is 426 g/mol. The van der Waals surface area contributed by atoms with Crippen LogP contribution in [0, 0.1) is 6.92 Å². The number of fused-ring (bicyclic) bond motifs is 1.